The number of hydrogen-bond acceptors (Lipinski definition) is 9. The second-order valence-corrected chi connectivity index (χ2v) is 11.6. The summed E-state index contributed by atoms with van der Waals surface area (Å²) in [6, 6.07) is 11.4. The average Bonchev–Trinajstić information content (AvgIpc) is 3.47. The largest absolute Gasteiger partial charge is 0.493 e. The number of thiazole rings is 1. The maximum atomic E-state index is 14.4. The Bertz CT molecular complexity index is 1850. The highest BCUT2D eigenvalue weighted by Gasteiger charge is 2.37. The van der Waals surface area contributed by atoms with Crippen molar-refractivity contribution < 1.29 is 28.6 Å². The van der Waals surface area contributed by atoms with Gasteiger partial charge in [-0.2, -0.15) is 0 Å². The van der Waals surface area contributed by atoms with Crippen LogP contribution in [0.15, 0.2) is 63.5 Å². The summed E-state index contributed by atoms with van der Waals surface area (Å²) in [5.74, 6) is -0.945. The molecule has 0 saturated carbocycles. The van der Waals surface area contributed by atoms with Gasteiger partial charge in [0.2, 0.25) is 0 Å². The molecule has 44 heavy (non-hydrogen) atoms. The number of hydrogen-bond donors (Lipinski definition) is 0. The molecule has 1 atom stereocenters. The number of unbranched alkanes of at least 4 members (excludes halogenated alkanes) is 4. The maximum absolute atomic E-state index is 14.4. The lowest BCUT2D eigenvalue weighted by Gasteiger charge is -2.25. The number of anilines is 1. The van der Waals surface area contributed by atoms with Crippen molar-refractivity contribution in [2.75, 3.05) is 25.7 Å². The van der Waals surface area contributed by atoms with Crippen molar-refractivity contribution in [3.63, 3.8) is 0 Å². The number of benzene rings is 2. The van der Waals surface area contributed by atoms with Crippen LogP contribution in [0.1, 0.15) is 70.0 Å². The molecular weight excluding hydrogens is 582 g/mol. The second kappa shape index (κ2) is 13.0. The number of aromatic nitrogens is 1. The van der Waals surface area contributed by atoms with Crippen LogP contribution in [0.5, 0.6) is 11.5 Å². The third kappa shape index (κ3) is 5.59. The van der Waals surface area contributed by atoms with Crippen LogP contribution < -0.4 is 29.3 Å². The van der Waals surface area contributed by atoms with Crippen molar-refractivity contribution in [2.45, 2.75) is 58.9 Å². The van der Waals surface area contributed by atoms with Gasteiger partial charge in [-0.3, -0.25) is 19.0 Å². The highest BCUT2D eigenvalue weighted by Crippen LogP contribution is 2.38. The molecule has 2 aliphatic heterocycles. The molecule has 0 spiro atoms. The fourth-order valence-electron chi connectivity index (χ4n) is 5.75. The number of esters is 2. The highest BCUT2D eigenvalue weighted by molar-refractivity contribution is 7.07. The van der Waals surface area contributed by atoms with Crippen LogP contribution >= 0.6 is 11.3 Å². The Morgan fingerprint density at radius 1 is 1.00 bits per heavy atom. The summed E-state index contributed by atoms with van der Waals surface area (Å²) < 4.78 is 17.5. The van der Waals surface area contributed by atoms with E-state index in [0.717, 1.165) is 49.1 Å². The van der Waals surface area contributed by atoms with Gasteiger partial charge in [0, 0.05) is 19.0 Å². The Kier molecular flexibility index (Phi) is 9.14. The maximum Gasteiger partial charge on any atom is 0.338 e. The molecule has 0 N–H and O–H groups in total. The second-order valence-electron chi connectivity index (χ2n) is 10.7. The van der Waals surface area contributed by atoms with Gasteiger partial charge in [-0.15, -0.1) is 0 Å². The summed E-state index contributed by atoms with van der Waals surface area (Å²) in [4.78, 5) is 59.8. The SMILES string of the molecule is CCCCCCCN1C(=O)C(=c2sc3n(c2=O)C(c2ccc(OC(C)=O)c(OC)c2)C(C(=O)OC)=C(C)N=3)c2ccccc21. The van der Waals surface area contributed by atoms with Crippen LogP contribution in [0.3, 0.4) is 0 Å². The van der Waals surface area contributed by atoms with Crippen molar-refractivity contribution in [3.05, 3.63) is 84.5 Å². The van der Waals surface area contributed by atoms with E-state index in [1.54, 1.807) is 30.0 Å². The van der Waals surface area contributed by atoms with Crippen LogP contribution in [-0.2, 0) is 19.1 Å². The van der Waals surface area contributed by atoms with E-state index in [4.69, 9.17) is 14.2 Å². The van der Waals surface area contributed by atoms with Gasteiger partial charge < -0.3 is 19.1 Å². The summed E-state index contributed by atoms with van der Waals surface area (Å²) in [6.07, 6.45) is 5.29. The Balaban J connectivity index is 1.69. The molecule has 0 radical (unpaired) electrons. The fourth-order valence-corrected chi connectivity index (χ4v) is 6.88. The van der Waals surface area contributed by atoms with Crippen molar-refractivity contribution >= 4 is 40.4 Å². The summed E-state index contributed by atoms with van der Waals surface area (Å²) in [6.45, 7) is 5.69. The molecule has 5 rings (SSSR count). The Morgan fingerprint density at radius 3 is 2.45 bits per heavy atom. The van der Waals surface area contributed by atoms with Crippen molar-refractivity contribution in [1.29, 1.82) is 0 Å². The van der Waals surface area contributed by atoms with E-state index in [9.17, 15) is 19.2 Å². The molecule has 0 bridgehead atoms. The topological polar surface area (TPSA) is 117 Å². The van der Waals surface area contributed by atoms with E-state index >= 15 is 0 Å². The predicted molar refractivity (Wildman–Crippen MR) is 167 cm³/mol. The first-order valence-electron chi connectivity index (χ1n) is 14.6. The Morgan fingerprint density at radius 2 is 1.75 bits per heavy atom. The first-order chi connectivity index (χ1) is 21.2. The Labute approximate surface area is 258 Å². The van der Waals surface area contributed by atoms with Crippen molar-refractivity contribution in [1.82, 2.24) is 4.57 Å². The molecule has 2 aliphatic rings. The quantitative estimate of drug-likeness (QED) is 0.192. The summed E-state index contributed by atoms with van der Waals surface area (Å²) in [7, 11) is 2.70. The van der Waals surface area contributed by atoms with E-state index < -0.39 is 23.5 Å². The van der Waals surface area contributed by atoms with Gasteiger partial charge in [-0.1, -0.05) is 68.2 Å². The van der Waals surface area contributed by atoms with Crippen molar-refractivity contribution in [2.24, 2.45) is 4.99 Å². The molecule has 3 heterocycles. The monoisotopic (exact) mass is 617 g/mol. The molecule has 230 valence electrons. The highest BCUT2D eigenvalue weighted by atomic mass is 32.1. The third-order valence-corrected chi connectivity index (χ3v) is 8.85. The van der Waals surface area contributed by atoms with E-state index in [1.807, 2.05) is 24.3 Å². The van der Waals surface area contributed by atoms with Crippen LogP contribution in [0, 0.1) is 0 Å². The molecule has 1 unspecified atom stereocenters. The predicted octanol–water partition coefficient (Wildman–Crippen LogP) is 4.03. The number of ether oxygens (including phenoxy) is 3. The zero-order valence-electron chi connectivity index (χ0n) is 25.5. The number of rotatable bonds is 10. The fraction of sp³-hybridized carbons (Fsp3) is 0.364. The summed E-state index contributed by atoms with van der Waals surface area (Å²) in [5, 5.41) is 0. The minimum absolute atomic E-state index is 0.172. The number of fused-ring (bicyclic) bond motifs is 2. The van der Waals surface area contributed by atoms with E-state index in [0.29, 0.717) is 33.7 Å². The lowest BCUT2D eigenvalue weighted by molar-refractivity contribution is -0.136. The molecule has 3 aromatic rings. The Hall–Kier alpha value is -4.51. The number of methoxy groups -OCH3 is 2. The number of carbonyl (C=O) groups excluding carboxylic acids is 3. The third-order valence-electron chi connectivity index (χ3n) is 7.80. The van der Waals surface area contributed by atoms with Crippen LogP contribution in [0.2, 0.25) is 0 Å². The van der Waals surface area contributed by atoms with E-state index in [-0.39, 0.29) is 27.5 Å². The number of amides is 1. The lowest BCUT2D eigenvalue weighted by atomic mass is 9.95. The molecule has 1 amide bonds. The normalized spacial score (nSPS) is 16.8. The molecule has 0 saturated heterocycles. The van der Waals surface area contributed by atoms with Gasteiger partial charge in [0.15, 0.2) is 16.3 Å². The van der Waals surface area contributed by atoms with Gasteiger partial charge in [0.25, 0.3) is 11.5 Å². The standard InChI is InChI=1S/C33H35N3O7S/c1-6-7-8-9-12-17-35-23-14-11-10-13-22(23)27(30(35)38)29-31(39)36-28(26(32(40)42-5)19(2)34-33(36)44-29)21-15-16-24(43-20(3)37)25(18-21)41-4/h10-11,13-16,18,28H,6-9,12,17H2,1-5H3. The zero-order chi connectivity index (χ0) is 31.5. The van der Waals surface area contributed by atoms with Gasteiger partial charge >= 0.3 is 11.9 Å². The summed E-state index contributed by atoms with van der Waals surface area (Å²) in [5.41, 5.74) is 2.43. The smallest absolute Gasteiger partial charge is 0.338 e. The number of allylic oxidation sites excluding steroid dienone is 1. The van der Waals surface area contributed by atoms with Crippen LogP contribution in [0.25, 0.3) is 5.57 Å². The van der Waals surface area contributed by atoms with Gasteiger partial charge in [-0.05, 0) is 37.1 Å². The molecule has 10 nitrogen and oxygen atoms in total. The minimum atomic E-state index is -0.935. The molecular formula is C33H35N3O7S. The average molecular weight is 618 g/mol. The van der Waals surface area contributed by atoms with Gasteiger partial charge in [0.1, 0.15) is 4.53 Å². The number of para-hydroxylation sites is 1. The molecule has 0 aliphatic carbocycles. The zero-order valence-corrected chi connectivity index (χ0v) is 26.3. The lowest BCUT2D eigenvalue weighted by Crippen LogP contribution is -2.41. The molecule has 0 fully saturated rings. The molecule has 11 heteroatoms. The van der Waals surface area contributed by atoms with E-state index in [1.165, 1.54) is 25.7 Å². The molecule has 2 aromatic carbocycles. The molecule has 1 aromatic heterocycles. The van der Waals surface area contributed by atoms with Crippen LogP contribution in [0.4, 0.5) is 5.69 Å². The van der Waals surface area contributed by atoms with Crippen LogP contribution in [-0.4, -0.2) is 43.2 Å². The minimum Gasteiger partial charge on any atom is -0.493 e. The first-order valence-corrected chi connectivity index (χ1v) is 15.4. The van der Waals surface area contributed by atoms with Gasteiger partial charge in [0.05, 0.1) is 42.8 Å². The summed E-state index contributed by atoms with van der Waals surface area (Å²) >= 11 is 1.12. The van der Waals surface area contributed by atoms with Crippen molar-refractivity contribution in [3.8, 4) is 11.5 Å². The first kappa shape index (κ1) is 30.9. The number of nitrogens with zero attached hydrogens (tertiary/aromatic N) is 3. The number of carbonyl (C=O) groups is 3. The van der Waals surface area contributed by atoms with E-state index in [2.05, 4.69) is 11.9 Å². The van der Waals surface area contributed by atoms with Gasteiger partial charge in [-0.25, -0.2) is 9.79 Å².